The van der Waals surface area contributed by atoms with Gasteiger partial charge in [-0.3, -0.25) is 0 Å². The van der Waals surface area contributed by atoms with E-state index in [1.807, 2.05) is 72.8 Å². The molecule has 2 aromatic heterocycles. The molecule has 5 heterocycles. The minimum atomic E-state index is 0.734. The Hall–Kier alpha value is -11.2. The van der Waals surface area contributed by atoms with Crippen LogP contribution in [0.3, 0.4) is 0 Å². The van der Waals surface area contributed by atoms with E-state index in [4.69, 9.17) is 47.9 Å². The van der Waals surface area contributed by atoms with Gasteiger partial charge in [-0.15, -0.1) is 0 Å². The molecule has 0 unspecified atom stereocenters. The molecule has 12 nitrogen and oxygen atoms in total. The van der Waals surface area contributed by atoms with E-state index >= 15 is 0 Å². The van der Waals surface area contributed by atoms with Crippen molar-refractivity contribution < 1.29 is 37.9 Å². The summed E-state index contributed by atoms with van der Waals surface area (Å²) in [4.78, 5) is 18.9. The molecule has 8 aromatic carbocycles. The molecule has 0 radical (unpaired) electrons. The summed E-state index contributed by atoms with van der Waals surface area (Å²) in [5.41, 5.74) is 19.9. The monoisotopic (exact) mass is 1160 g/mol. The fraction of sp³-hybridized carbons (Fsp3) is 0.105. The zero-order valence-electron chi connectivity index (χ0n) is 49.9. The number of methoxy groups -OCH3 is 8. The van der Waals surface area contributed by atoms with E-state index in [0.29, 0.717) is 0 Å². The maximum absolute atomic E-state index is 5.85. The Morgan fingerprint density at radius 2 is 0.580 bits per heavy atom. The molecule has 3 aliphatic rings. The Balaban J connectivity index is 1.05. The van der Waals surface area contributed by atoms with Crippen LogP contribution in [0.15, 0.2) is 240 Å². The first-order chi connectivity index (χ1) is 43.2. The third-order valence-corrected chi connectivity index (χ3v) is 16.3. The number of allylic oxidation sites excluding steroid dienone is 4. The smallest absolute Gasteiger partial charge is 0.126 e. The average Bonchev–Trinajstić information content (AvgIpc) is 4.55. The Labute approximate surface area is 510 Å². The van der Waals surface area contributed by atoms with Crippen molar-refractivity contribution in [1.29, 1.82) is 0 Å². The highest BCUT2D eigenvalue weighted by Gasteiger charge is 2.25. The number of benzene rings is 8. The van der Waals surface area contributed by atoms with E-state index in [1.54, 1.807) is 56.9 Å². The molecule has 0 saturated carbocycles. The molecule has 434 valence electrons. The van der Waals surface area contributed by atoms with Gasteiger partial charge in [-0.25, -0.2) is 9.98 Å². The number of H-pyrrole nitrogens is 2. The standard InChI is InChI=1S/C76H62N4O8/c1-81-54-25-35-69(85-5)58(40-54)45-9-17-49(18-10-45)73-53-39-68(77-44-53)76(52-23-15-48(16-24-52)61-43-57(84-4)28-38-72(61)88-8)67-34-33-66(80-67)75(51-21-13-47(14-22-51)60-42-56(83-3)27-37-71(60)87-7)65-32-31-64(79-65)74(63-30-29-62(73)78-63)50-19-11-46(12-20-50)59-41-55(82-2)26-36-70(59)86-6/h9-44,77,79H,1-8H3. The van der Waals surface area contributed by atoms with Crippen LogP contribution in [0.1, 0.15) is 33.5 Å². The summed E-state index contributed by atoms with van der Waals surface area (Å²) in [6, 6.07) is 63.9. The zero-order valence-corrected chi connectivity index (χ0v) is 49.9. The molecule has 0 atom stereocenters. The second kappa shape index (κ2) is 24.0. The van der Waals surface area contributed by atoms with Gasteiger partial charge in [0.1, 0.15) is 46.0 Å². The predicted molar refractivity (Wildman–Crippen MR) is 351 cm³/mol. The third kappa shape index (κ3) is 10.5. The van der Waals surface area contributed by atoms with Crippen LogP contribution in [0, 0.1) is 0 Å². The lowest BCUT2D eigenvalue weighted by Gasteiger charge is -2.14. The molecule has 2 N–H and O–H groups in total. The largest absolute Gasteiger partial charge is 0.497 e. The molecule has 0 spiro atoms. The van der Waals surface area contributed by atoms with Crippen molar-refractivity contribution in [2.45, 2.75) is 0 Å². The van der Waals surface area contributed by atoms with Crippen molar-refractivity contribution >= 4 is 33.7 Å². The second-order valence-electron chi connectivity index (χ2n) is 21.1. The average molecular weight is 1160 g/mol. The molecule has 13 rings (SSSR count). The lowest BCUT2D eigenvalue weighted by Crippen LogP contribution is -2.21. The Kier molecular flexibility index (Phi) is 15.3. The number of rotatable bonds is 16. The van der Waals surface area contributed by atoms with E-state index in [-0.39, 0.29) is 0 Å². The van der Waals surface area contributed by atoms with Crippen molar-refractivity contribution in [3.05, 3.63) is 274 Å². The van der Waals surface area contributed by atoms with Crippen molar-refractivity contribution in [1.82, 2.24) is 9.97 Å². The third-order valence-electron chi connectivity index (χ3n) is 16.3. The maximum Gasteiger partial charge on any atom is 0.126 e. The predicted octanol–water partition coefficient (Wildman–Crippen LogP) is 14.7. The summed E-state index contributed by atoms with van der Waals surface area (Å²) in [6.45, 7) is 0. The number of nitrogens with zero attached hydrogens (tertiary/aromatic N) is 2. The molecule has 0 amide bonds. The normalized spacial score (nSPS) is 13.4. The number of hydrogen-bond acceptors (Lipinski definition) is 10. The fourth-order valence-corrected chi connectivity index (χ4v) is 11.9. The van der Waals surface area contributed by atoms with Gasteiger partial charge < -0.3 is 47.9 Å². The highest BCUT2D eigenvalue weighted by atomic mass is 16.5. The van der Waals surface area contributed by atoms with Crippen LogP contribution in [0.5, 0.6) is 46.0 Å². The van der Waals surface area contributed by atoms with Crippen LogP contribution in [-0.4, -0.2) is 78.3 Å². The van der Waals surface area contributed by atoms with Gasteiger partial charge in [-0.2, -0.15) is 0 Å². The summed E-state index contributed by atoms with van der Waals surface area (Å²) in [6.07, 6.45) is 10.5. The number of hydrogen-bond donors (Lipinski definition) is 2. The SMILES string of the molecule is COc1ccc(OC)c(-c2ccc(C3=C4C=CC(=N4)C(c4ccc(-c5cc(OC)ccc5OC)cc4)=c4ccc([nH]4)=C(c4ccc(-c5cc(OC)ccc5OC)cc4)C4=NC(=C(c5ccc(-c6cc(OC)ccc6OC)cc5)c5cc3c[nH]5)C=C4)cc2)c1. The van der Waals surface area contributed by atoms with Gasteiger partial charge in [0.25, 0.3) is 0 Å². The number of aromatic amines is 2. The highest BCUT2D eigenvalue weighted by Crippen LogP contribution is 2.42. The molecule has 3 aliphatic heterocycles. The van der Waals surface area contributed by atoms with Crippen LogP contribution in [0.25, 0.3) is 66.8 Å². The molecule has 0 fully saturated rings. The summed E-state index contributed by atoms with van der Waals surface area (Å²) < 4.78 is 46.0. The van der Waals surface area contributed by atoms with Gasteiger partial charge in [0.05, 0.1) is 79.7 Å². The molecule has 0 aliphatic carbocycles. The van der Waals surface area contributed by atoms with Crippen molar-refractivity contribution in [2.24, 2.45) is 9.98 Å². The molecular formula is C76H62N4O8. The van der Waals surface area contributed by atoms with Crippen LogP contribution in [0.2, 0.25) is 0 Å². The van der Waals surface area contributed by atoms with E-state index in [9.17, 15) is 0 Å². The summed E-state index contributed by atoms with van der Waals surface area (Å²) in [7, 11) is 13.4. The summed E-state index contributed by atoms with van der Waals surface area (Å²) in [5.74, 6) is 5.90. The first-order valence-electron chi connectivity index (χ1n) is 28.7. The van der Waals surface area contributed by atoms with Crippen LogP contribution in [0.4, 0.5) is 0 Å². The highest BCUT2D eigenvalue weighted by molar-refractivity contribution is 6.32. The van der Waals surface area contributed by atoms with Gasteiger partial charge in [0.15, 0.2) is 0 Å². The van der Waals surface area contributed by atoms with Crippen molar-refractivity contribution in [3.8, 4) is 90.5 Å². The quantitative estimate of drug-likeness (QED) is 0.0978. The zero-order chi connectivity index (χ0) is 60.4. The van der Waals surface area contributed by atoms with E-state index in [1.165, 1.54) is 0 Å². The fourth-order valence-electron chi connectivity index (χ4n) is 11.9. The van der Waals surface area contributed by atoms with E-state index < -0.39 is 0 Å². The number of nitrogens with one attached hydrogen (secondary N) is 2. The van der Waals surface area contributed by atoms with Gasteiger partial charge in [0, 0.05) is 72.7 Å². The number of aromatic nitrogens is 2. The molecule has 10 aromatic rings. The number of aliphatic imine (C=N–C) groups is 2. The lowest BCUT2D eigenvalue weighted by atomic mass is 9.93. The van der Waals surface area contributed by atoms with Crippen LogP contribution in [-0.2, 0) is 0 Å². The first kappa shape index (κ1) is 55.9. The Morgan fingerprint density at radius 1 is 0.273 bits per heavy atom. The Morgan fingerprint density at radius 3 is 0.909 bits per heavy atom. The van der Waals surface area contributed by atoms with E-state index in [0.717, 1.165) is 180 Å². The van der Waals surface area contributed by atoms with Gasteiger partial charge in [-0.1, -0.05) is 97.1 Å². The number of ether oxygens (including phenoxy) is 8. The summed E-state index contributed by atoms with van der Waals surface area (Å²) in [5, 5.41) is 1.73. The summed E-state index contributed by atoms with van der Waals surface area (Å²) >= 11 is 0. The van der Waals surface area contributed by atoms with E-state index in [2.05, 4.69) is 156 Å². The minimum Gasteiger partial charge on any atom is -0.497 e. The Bertz CT molecular complexity index is 4380. The molecule has 0 saturated heterocycles. The van der Waals surface area contributed by atoms with Gasteiger partial charge in [0.2, 0.25) is 0 Å². The number of fused-ring (bicyclic) bond motifs is 6. The minimum absolute atomic E-state index is 0.734. The topological polar surface area (TPSA) is 130 Å². The van der Waals surface area contributed by atoms with Crippen molar-refractivity contribution in [3.63, 3.8) is 0 Å². The van der Waals surface area contributed by atoms with Crippen LogP contribution >= 0.6 is 0 Å². The molecule has 8 bridgehead atoms. The maximum atomic E-state index is 5.85. The lowest BCUT2D eigenvalue weighted by molar-refractivity contribution is 0.404. The van der Waals surface area contributed by atoms with Gasteiger partial charge >= 0.3 is 0 Å². The molecule has 12 heteroatoms. The van der Waals surface area contributed by atoms with Crippen LogP contribution < -0.4 is 48.6 Å². The van der Waals surface area contributed by atoms with Crippen molar-refractivity contribution in [2.75, 3.05) is 56.9 Å². The van der Waals surface area contributed by atoms with Gasteiger partial charge in [-0.05, 0) is 160 Å². The molecule has 88 heavy (non-hydrogen) atoms. The second-order valence-corrected chi connectivity index (χ2v) is 21.1. The molecular weight excluding hydrogens is 1100 g/mol. The first-order valence-corrected chi connectivity index (χ1v) is 28.7.